The minimum atomic E-state index is -0.312. The van der Waals surface area contributed by atoms with Crippen molar-refractivity contribution in [3.63, 3.8) is 0 Å². The lowest BCUT2D eigenvalue weighted by Gasteiger charge is -2.09. The molecule has 3 heteroatoms. The number of carbonyl (C=O) groups excluding carboxylic acids is 1. The SMILES string of the molecule is CCOC(C)C(=O)Cc1ccncc1. The molecule has 1 aromatic rings. The van der Waals surface area contributed by atoms with Crippen LogP contribution in [0.15, 0.2) is 24.5 Å². The summed E-state index contributed by atoms with van der Waals surface area (Å²) in [5, 5.41) is 0. The first kappa shape index (κ1) is 10.9. The van der Waals surface area contributed by atoms with Crippen molar-refractivity contribution >= 4 is 5.78 Å². The Bertz CT molecular complexity index is 285. The van der Waals surface area contributed by atoms with Gasteiger partial charge in [-0.15, -0.1) is 0 Å². The second kappa shape index (κ2) is 5.50. The monoisotopic (exact) mass is 193 g/mol. The van der Waals surface area contributed by atoms with Crippen LogP contribution in [0.2, 0.25) is 0 Å². The second-order valence-electron chi connectivity index (χ2n) is 3.10. The van der Waals surface area contributed by atoms with E-state index < -0.39 is 0 Å². The van der Waals surface area contributed by atoms with Crippen molar-refractivity contribution in [2.45, 2.75) is 26.4 Å². The zero-order chi connectivity index (χ0) is 10.4. The van der Waals surface area contributed by atoms with E-state index in [1.54, 1.807) is 19.3 Å². The molecule has 0 amide bonds. The van der Waals surface area contributed by atoms with E-state index in [4.69, 9.17) is 4.74 Å². The Balaban J connectivity index is 2.49. The number of carbonyl (C=O) groups is 1. The molecule has 1 aromatic heterocycles. The van der Waals surface area contributed by atoms with E-state index in [9.17, 15) is 4.79 Å². The Hall–Kier alpha value is -1.22. The first-order valence-corrected chi connectivity index (χ1v) is 4.77. The highest BCUT2D eigenvalue weighted by Crippen LogP contribution is 2.02. The van der Waals surface area contributed by atoms with Gasteiger partial charge >= 0.3 is 0 Å². The van der Waals surface area contributed by atoms with Gasteiger partial charge < -0.3 is 4.74 Å². The summed E-state index contributed by atoms with van der Waals surface area (Å²) in [4.78, 5) is 15.4. The molecule has 0 aliphatic heterocycles. The van der Waals surface area contributed by atoms with E-state index in [-0.39, 0.29) is 11.9 Å². The number of ether oxygens (including phenoxy) is 1. The predicted octanol–water partition coefficient (Wildman–Crippen LogP) is 1.62. The van der Waals surface area contributed by atoms with Crippen LogP contribution in [0.4, 0.5) is 0 Å². The van der Waals surface area contributed by atoms with Crippen LogP contribution in [0.5, 0.6) is 0 Å². The Morgan fingerprint density at radius 3 is 2.71 bits per heavy atom. The van der Waals surface area contributed by atoms with Gasteiger partial charge in [0.2, 0.25) is 0 Å². The maximum atomic E-state index is 11.6. The van der Waals surface area contributed by atoms with Gasteiger partial charge in [0.1, 0.15) is 6.10 Å². The van der Waals surface area contributed by atoms with E-state index in [0.717, 1.165) is 5.56 Å². The molecule has 76 valence electrons. The molecule has 0 aliphatic rings. The molecule has 0 N–H and O–H groups in total. The van der Waals surface area contributed by atoms with E-state index in [1.807, 2.05) is 19.1 Å². The standard InChI is InChI=1S/C11H15NO2/c1-3-14-9(2)11(13)8-10-4-6-12-7-5-10/h4-7,9H,3,8H2,1-2H3. The van der Waals surface area contributed by atoms with E-state index >= 15 is 0 Å². The van der Waals surface area contributed by atoms with Crippen LogP contribution in [0, 0.1) is 0 Å². The van der Waals surface area contributed by atoms with Crippen molar-refractivity contribution in [1.82, 2.24) is 4.98 Å². The normalized spacial score (nSPS) is 12.4. The third-order valence-corrected chi connectivity index (χ3v) is 2.00. The molecule has 0 aliphatic carbocycles. The van der Waals surface area contributed by atoms with Gasteiger partial charge in [-0.3, -0.25) is 9.78 Å². The van der Waals surface area contributed by atoms with Crippen LogP contribution in [-0.2, 0) is 16.0 Å². The maximum absolute atomic E-state index is 11.6. The van der Waals surface area contributed by atoms with Crippen molar-refractivity contribution in [2.75, 3.05) is 6.61 Å². The summed E-state index contributed by atoms with van der Waals surface area (Å²) in [5.41, 5.74) is 0.983. The van der Waals surface area contributed by atoms with Gasteiger partial charge in [0.05, 0.1) is 0 Å². The fourth-order valence-electron chi connectivity index (χ4n) is 1.19. The highest BCUT2D eigenvalue weighted by Gasteiger charge is 2.12. The van der Waals surface area contributed by atoms with Crippen LogP contribution in [0.25, 0.3) is 0 Å². The zero-order valence-corrected chi connectivity index (χ0v) is 8.56. The number of ketones is 1. The number of rotatable bonds is 5. The molecule has 0 fully saturated rings. The Morgan fingerprint density at radius 2 is 2.14 bits per heavy atom. The third-order valence-electron chi connectivity index (χ3n) is 2.00. The maximum Gasteiger partial charge on any atom is 0.165 e. The summed E-state index contributed by atoms with van der Waals surface area (Å²) >= 11 is 0. The highest BCUT2D eigenvalue weighted by molar-refractivity contribution is 5.84. The molecule has 3 nitrogen and oxygen atoms in total. The topological polar surface area (TPSA) is 39.2 Å². The van der Waals surface area contributed by atoms with Crippen molar-refractivity contribution in [1.29, 1.82) is 0 Å². The first-order valence-electron chi connectivity index (χ1n) is 4.77. The second-order valence-corrected chi connectivity index (χ2v) is 3.10. The van der Waals surface area contributed by atoms with Gasteiger partial charge in [0, 0.05) is 25.4 Å². The number of hydrogen-bond donors (Lipinski definition) is 0. The van der Waals surface area contributed by atoms with E-state index in [2.05, 4.69) is 4.98 Å². The fraction of sp³-hybridized carbons (Fsp3) is 0.455. The Morgan fingerprint density at radius 1 is 1.50 bits per heavy atom. The summed E-state index contributed by atoms with van der Waals surface area (Å²) in [5.74, 6) is 0.109. The summed E-state index contributed by atoms with van der Waals surface area (Å²) < 4.78 is 5.21. The van der Waals surface area contributed by atoms with Gasteiger partial charge in [-0.05, 0) is 31.5 Å². The number of pyridine rings is 1. The number of aromatic nitrogens is 1. The van der Waals surface area contributed by atoms with Gasteiger partial charge in [0.15, 0.2) is 5.78 Å². The Labute approximate surface area is 84.1 Å². The molecule has 0 saturated heterocycles. The molecule has 1 rings (SSSR count). The summed E-state index contributed by atoms with van der Waals surface area (Å²) in [6.45, 7) is 4.24. The lowest BCUT2D eigenvalue weighted by molar-refractivity contribution is -0.128. The lowest BCUT2D eigenvalue weighted by atomic mass is 10.1. The quantitative estimate of drug-likeness (QED) is 0.713. The van der Waals surface area contributed by atoms with Gasteiger partial charge in [-0.25, -0.2) is 0 Å². The van der Waals surface area contributed by atoms with Crippen LogP contribution in [0.3, 0.4) is 0 Å². The molecule has 1 unspecified atom stereocenters. The molecule has 0 aromatic carbocycles. The van der Waals surface area contributed by atoms with Crippen LogP contribution in [0.1, 0.15) is 19.4 Å². The summed E-state index contributed by atoms with van der Waals surface area (Å²) in [6, 6.07) is 3.69. The van der Waals surface area contributed by atoms with E-state index in [1.165, 1.54) is 0 Å². The molecule has 1 heterocycles. The number of nitrogens with zero attached hydrogens (tertiary/aromatic N) is 1. The van der Waals surface area contributed by atoms with E-state index in [0.29, 0.717) is 13.0 Å². The fourth-order valence-corrected chi connectivity index (χ4v) is 1.19. The third kappa shape index (κ3) is 3.26. The van der Waals surface area contributed by atoms with Crippen LogP contribution < -0.4 is 0 Å². The molecule has 0 saturated carbocycles. The predicted molar refractivity (Wildman–Crippen MR) is 54.0 cm³/mol. The number of hydrogen-bond acceptors (Lipinski definition) is 3. The average molecular weight is 193 g/mol. The zero-order valence-electron chi connectivity index (χ0n) is 8.56. The number of Topliss-reactive ketones (excluding diaryl/α,β-unsaturated/α-hetero) is 1. The van der Waals surface area contributed by atoms with Crippen LogP contribution >= 0.6 is 0 Å². The van der Waals surface area contributed by atoms with Crippen molar-refractivity contribution in [3.05, 3.63) is 30.1 Å². The molecule has 1 atom stereocenters. The molecule has 0 radical (unpaired) electrons. The molecule has 0 bridgehead atoms. The highest BCUT2D eigenvalue weighted by atomic mass is 16.5. The average Bonchev–Trinajstić information content (AvgIpc) is 2.19. The summed E-state index contributed by atoms with van der Waals surface area (Å²) in [6.07, 6.45) is 3.49. The molecule has 14 heavy (non-hydrogen) atoms. The minimum Gasteiger partial charge on any atom is -0.371 e. The molecular formula is C11H15NO2. The largest absolute Gasteiger partial charge is 0.371 e. The Kier molecular flexibility index (Phi) is 4.26. The molecule has 0 spiro atoms. The van der Waals surface area contributed by atoms with Crippen molar-refractivity contribution in [3.8, 4) is 0 Å². The first-order chi connectivity index (χ1) is 6.74. The van der Waals surface area contributed by atoms with Crippen molar-refractivity contribution in [2.24, 2.45) is 0 Å². The van der Waals surface area contributed by atoms with Crippen molar-refractivity contribution < 1.29 is 9.53 Å². The van der Waals surface area contributed by atoms with Gasteiger partial charge in [-0.2, -0.15) is 0 Å². The molecular weight excluding hydrogens is 178 g/mol. The van der Waals surface area contributed by atoms with Crippen LogP contribution in [-0.4, -0.2) is 23.5 Å². The lowest BCUT2D eigenvalue weighted by Crippen LogP contribution is -2.22. The minimum absolute atomic E-state index is 0.109. The van der Waals surface area contributed by atoms with Gasteiger partial charge in [0.25, 0.3) is 0 Å². The smallest absolute Gasteiger partial charge is 0.165 e. The summed E-state index contributed by atoms with van der Waals surface area (Å²) in [7, 11) is 0. The van der Waals surface area contributed by atoms with Gasteiger partial charge in [-0.1, -0.05) is 0 Å².